The van der Waals surface area contributed by atoms with Crippen molar-refractivity contribution in [1.82, 2.24) is 5.32 Å². The Balaban J connectivity index is 2.06. The number of allylic oxidation sites excluding steroid dienone is 1. The maximum atomic E-state index is 5.42. The van der Waals surface area contributed by atoms with Gasteiger partial charge in [-0.3, -0.25) is 0 Å². The Morgan fingerprint density at radius 2 is 1.28 bits per heavy atom. The second-order valence-corrected chi connectivity index (χ2v) is 7.82. The summed E-state index contributed by atoms with van der Waals surface area (Å²) >= 11 is 0. The Morgan fingerprint density at radius 1 is 0.800 bits per heavy atom. The van der Waals surface area contributed by atoms with Gasteiger partial charge < -0.3 is 10.1 Å². The van der Waals surface area contributed by atoms with Gasteiger partial charge in [-0.1, -0.05) is 97.8 Å². The summed E-state index contributed by atoms with van der Waals surface area (Å²) in [5, 5.41) is 3.33. The normalized spacial score (nSPS) is 14.4. The highest BCUT2D eigenvalue weighted by Crippen LogP contribution is 2.41. The molecule has 0 aromatic heterocycles. The van der Waals surface area contributed by atoms with Crippen LogP contribution in [0.25, 0.3) is 0 Å². The average molecular weight is 350 g/mol. The van der Waals surface area contributed by atoms with Crippen LogP contribution in [0.1, 0.15) is 117 Å². The average Bonchev–Trinajstić information content (AvgIpc) is 3.06. The van der Waals surface area contributed by atoms with E-state index in [2.05, 4.69) is 32.7 Å². The molecule has 0 aliphatic carbocycles. The van der Waals surface area contributed by atoms with Gasteiger partial charge in [-0.05, 0) is 25.8 Å². The molecule has 25 heavy (non-hydrogen) atoms. The van der Waals surface area contributed by atoms with E-state index >= 15 is 0 Å². The topological polar surface area (TPSA) is 21.3 Å². The van der Waals surface area contributed by atoms with Gasteiger partial charge in [-0.25, -0.2) is 0 Å². The van der Waals surface area contributed by atoms with Crippen LogP contribution in [0.3, 0.4) is 0 Å². The Morgan fingerprint density at radius 3 is 1.68 bits per heavy atom. The van der Waals surface area contributed by atoms with Crippen LogP contribution in [0.15, 0.2) is 24.4 Å². The number of ether oxygens (including phenoxy) is 1. The van der Waals surface area contributed by atoms with Crippen LogP contribution >= 0.6 is 0 Å². The Hall–Kier alpha value is -0.920. The molecule has 0 unspecified atom stereocenters. The fourth-order valence-electron chi connectivity index (χ4n) is 4.02. The van der Waals surface area contributed by atoms with Crippen molar-refractivity contribution in [3.05, 3.63) is 24.4 Å². The highest BCUT2D eigenvalue weighted by Gasteiger charge is 2.33. The summed E-state index contributed by atoms with van der Waals surface area (Å²) in [5.74, 6) is 0.677. The molecule has 0 amide bonds. The number of rotatable bonds is 16. The van der Waals surface area contributed by atoms with Crippen molar-refractivity contribution < 1.29 is 4.74 Å². The number of unbranched alkanes of at least 4 members (excludes halogenated alkanes) is 11. The van der Waals surface area contributed by atoms with Crippen molar-refractivity contribution >= 4 is 0 Å². The number of nitrogens with one attached hydrogen (secondary N) is 1. The summed E-state index contributed by atoms with van der Waals surface area (Å²) in [5.41, 5.74) is 1.49. The molecule has 0 fully saturated rings. The third kappa shape index (κ3) is 8.33. The summed E-state index contributed by atoms with van der Waals surface area (Å²) in [6, 6.07) is 0. The fourth-order valence-corrected chi connectivity index (χ4v) is 4.02. The predicted octanol–water partition coefficient (Wildman–Crippen LogP) is 7.82. The maximum absolute atomic E-state index is 5.42. The molecule has 0 atom stereocenters. The van der Waals surface area contributed by atoms with Crippen LogP contribution in [0.2, 0.25) is 0 Å². The van der Waals surface area contributed by atoms with Gasteiger partial charge in [0.15, 0.2) is 5.88 Å². The zero-order valence-electron chi connectivity index (χ0n) is 17.3. The minimum Gasteiger partial charge on any atom is -0.448 e. The minimum atomic E-state index is 0.248. The van der Waals surface area contributed by atoms with Crippen molar-refractivity contribution in [2.75, 3.05) is 0 Å². The lowest BCUT2D eigenvalue weighted by Crippen LogP contribution is -2.28. The van der Waals surface area contributed by atoms with Crippen LogP contribution in [0, 0.1) is 5.41 Å². The monoisotopic (exact) mass is 349 g/mol. The van der Waals surface area contributed by atoms with E-state index in [9.17, 15) is 0 Å². The van der Waals surface area contributed by atoms with E-state index in [1.165, 1.54) is 89.2 Å². The first-order chi connectivity index (χ1) is 12.2. The molecule has 1 aliphatic heterocycles. The lowest BCUT2D eigenvalue weighted by molar-refractivity contribution is 0.277. The first-order valence-electron chi connectivity index (χ1n) is 11.0. The van der Waals surface area contributed by atoms with Crippen LogP contribution < -0.4 is 5.32 Å². The molecule has 0 saturated heterocycles. The quantitative estimate of drug-likeness (QED) is 0.287. The second kappa shape index (κ2) is 13.3. The van der Waals surface area contributed by atoms with E-state index in [-0.39, 0.29) is 5.41 Å². The van der Waals surface area contributed by atoms with Crippen molar-refractivity contribution in [3.8, 4) is 0 Å². The van der Waals surface area contributed by atoms with Crippen molar-refractivity contribution in [3.63, 3.8) is 0 Å². The molecular formula is C23H43NO. The second-order valence-electron chi connectivity index (χ2n) is 7.82. The molecule has 1 aliphatic rings. The summed E-state index contributed by atoms with van der Waals surface area (Å²) in [4.78, 5) is 0. The lowest BCUT2D eigenvalue weighted by Gasteiger charge is -2.32. The van der Waals surface area contributed by atoms with Crippen LogP contribution in [0.5, 0.6) is 0 Å². The molecule has 1 rings (SSSR count). The third-order valence-electron chi connectivity index (χ3n) is 6.03. The van der Waals surface area contributed by atoms with Gasteiger partial charge >= 0.3 is 0 Å². The van der Waals surface area contributed by atoms with Crippen molar-refractivity contribution in [2.45, 2.75) is 117 Å². The predicted molar refractivity (Wildman–Crippen MR) is 110 cm³/mol. The largest absolute Gasteiger partial charge is 0.448 e. The van der Waals surface area contributed by atoms with Crippen LogP contribution in [-0.4, -0.2) is 0 Å². The smallest absolute Gasteiger partial charge is 0.189 e. The SMILES string of the molecule is C=C1NC(C(CC)(CC)CCCCCCCCCCCCCC)=CO1. The minimum absolute atomic E-state index is 0.248. The molecule has 2 heteroatoms. The molecule has 0 aromatic rings. The molecule has 0 aromatic carbocycles. The van der Waals surface area contributed by atoms with E-state index in [0.717, 1.165) is 12.8 Å². The van der Waals surface area contributed by atoms with E-state index in [4.69, 9.17) is 4.74 Å². The number of hydrogen-bond acceptors (Lipinski definition) is 2. The van der Waals surface area contributed by atoms with E-state index in [1.807, 2.05) is 6.26 Å². The molecule has 0 saturated carbocycles. The molecule has 0 radical (unpaired) electrons. The van der Waals surface area contributed by atoms with Crippen LogP contribution in [-0.2, 0) is 4.74 Å². The Bertz CT molecular complexity index is 382. The molecule has 0 bridgehead atoms. The fraction of sp³-hybridized carbons (Fsp3) is 0.826. The van der Waals surface area contributed by atoms with Crippen molar-refractivity contribution in [2.24, 2.45) is 5.41 Å². The van der Waals surface area contributed by atoms with Gasteiger partial charge in [-0.15, -0.1) is 0 Å². The summed E-state index contributed by atoms with van der Waals surface area (Å²) in [6.07, 6.45) is 22.4. The van der Waals surface area contributed by atoms with Gasteiger partial charge in [0.05, 0.1) is 5.70 Å². The number of hydrogen-bond donors (Lipinski definition) is 1. The summed E-state index contributed by atoms with van der Waals surface area (Å²) < 4.78 is 5.42. The molecule has 2 nitrogen and oxygen atoms in total. The van der Waals surface area contributed by atoms with Crippen molar-refractivity contribution in [1.29, 1.82) is 0 Å². The summed E-state index contributed by atoms with van der Waals surface area (Å²) in [7, 11) is 0. The standard InChI is InChI=1S/C23H43NO/c1-5-8-9-10-11-12-13-14-15-16-17-18-19-23(6-2,7-3)22-20-25-21(4)24-22/h20,24H,4-19H2,1-3H3. The van der Waals surface area contributed by atoms with Gasteiger partial charge in [0, 0.05) is 5.41 Å². The molecule has 1 heterocycles. The first-order valence-corrected chi connectivity index (χ1v) is 11.0. The van der Waals surface area contributed by atoms with Gasteiger partial charge in [0.25, 0.3) is 0 Å². The zero-order chi connectivity index (χ0) is 18.4. The van der Waals surface area contributed by atoms with Crippen LogP contribution in [0.4, 0.5) is 0 Å². The van der Waals surface area contributed by atoms with Gasteiger partial charge in [0.2, 0.25) is 0 Å². The van der Waals surface area contributed by atoms with E-state index in [1.54, 1.807) is 0 Å². The Labute approximate surface area is 157 Å². The highest BCUT2D eigenvalue weighted by molar-refractivity contribution is 5.18. The third-order valence-corrected chi connectivity index (χ3v) is 6.03. The molecule has 0 spiro atoms. The van der Waals surface area contributed by atoms with Gasteiger partial charge in [0.1, 0.15) is 6.26 Å². The zero-order valence-corrected chi connectivity index (χ0v) is 17.3. The molecular weight excluding hydrogens is 306 g/mol. The van der Waals surface area contributed by atoms with E-state index in [0.29, 0.717) is 5.88 Å². The Kier molecular flexibility index (Phi) is 11.8. The molecule has 146 valence electrons. The first kappa shape index (κ1) is 22.1. The molecule has 1 N–H and O–H groups in total. The van der Waals surface area contributed by atoms with E-state index < -0.39 is 0 Å². The lowest BCUT2D eigenvalue weighted by atomic mass is 9.75. The van der Waals surface area contributed by atoms with Gasteiger partial charge in [-0.2, -0.15) is 0 Å². The highest BCUT2D eigenvalue weighted by atomic mass is 16.5. The maximum Gasteiger partial charge on any atom is 0.189 e. The summed E-state index contributed by atoms with van der Waals surface area (Å²) in [6.45, 7) is 10.8.